The highest BCUT2D eigenvalue weighted by Crippen LogP contribution is 2.09. The van der Waals surface area contributed by atoms with Gasteiger partial charge in [0.05, 0.1) is 6.04 Å². The molecule has 0 bridgehead atoms. The van der Waals surface area contributed by atoms with Crippen LogP contribution in [0.15, 0.2) is 24.3 Å². The van der Waals surface area contributed by atoms with E-state index in [2.05, 4.69) is 10.6 Å². The molecule has 1 heterocycles. The summed E-state index contributed by atoms with van der Waals surface area (Å²) in [4.78, 5) is 11.9. The molecule has 2 rings (SSSR count). The summed E-state index contributed by atoms with van der Waals surface area (Å²) in [5, 5.41) is 6.02. The van der Waals surface area contributed by atoms with Crippen molar-refractivity contribution < 1.29 is 9.18 Å². The van der Waals surface area contributed by atoms with Gasteiger partial charge in [0.25, 0.3) is 0 Å². The molecular formula is C14H19FN2O. The zero-order chi connectivity index (χ0) is 12.8. The van der Waals surface area contributed by atoms with Gasteiger partial charge in [0.2, 0.25) is 5.91 Å². The summed E-state index contributed by atoms with van der Waals surface area (Å²) in [6.45, 7) is 1.14. The van der Waals surface area contributed by atoms with E-state index in [0.29, 0.717) is 5.56 Å². The third kappa shape index (κ3) is 3.53. The van der Waals surface area contributed by atoms with Crippen LogP contribution in [0.25, 0.3) is 0 Å². The minimum atomic E-state index is -0.272. The quantitative estimate of drug-likeness (QED) is 0.861. The van der Waals surface area contributed by atoms with Gasteiger partial charge in [-0.3, -0.25) is 4.79 Å². The summed E-state index contributed by atoms with van der Waals surface area (Å²) in [5.74, 6) is -0.299. The molecule has 1 unspecified atom stereocenters. The summed E-state index contributed by atoms with van der Waals surface area (Å²) >= 11 is 0. The molecule has 1 fully saturated rings. The van der Waals surface area contributed by atoms with Gasteiger partial charge in [-0.25, -0.2) is 4.39 Å². The van der Waals surface area contributed by atoms with Crippen LogP contribution >= 0.6 is 0 Å². The molecule has 1 aliphatic heterocycles. The first kappa shape index (κ1) is 13.0. The number of amides is 1. The zero-order valence-electron chi connectivity index (χ0n) is 10.4. The fourth-order valence-corrected chi connectivity index (χ4v) is 2.20. The lowest BCUT2D eigenvalue weighted by atomic mass is 10.1. The van der Waals surface area contributed by atoms with Gasteiger partial charge in [0.15, 0.2) is 0 Å². The van der Waals surface area contributed by atoms with Gasteiger partial charge in [-0.2, -0.15) is 0 Å². The minimum Gasteiger partial charge on any atom is -0.351 e. The first-order chi connectivity index (χ1) is 8.77. The summed E-state index contributed by atoms with van der Waals surface area (Å²) in [7, 11) is 0. The van der Waals surface area contributed by atoms with Gasteiger partial charge in [0, 0.05) is 12.1 Å². The van der Waals surface area contributed by atoms with Crippen molar-refractivity contribution in [2.45, 2.75) is 38.3 Å². The highest BCUT2D eigenvalue weighted by Gasteiger charge is 2.19. The molecule has 1 aromatic carbocycles. The van der Waals surface area contributed by atoms with Gasteiger partial charge in [-0.05, 0) is 25.5 Å². The first-order valence-corrected chi connectivity index (χ1v) is 6.52. The Balaban J connectivity index is 1.86. The van der Waals surface area contributed by atoms with Crippen molar-refractivity contribution in [1.82, 2.24) is 10.6 Å². The maximum atomic E-state index is 13.4. The second kappa shape index (κ2) is 6.50. The summed E-state index contributed by atoms with van der Waals surface area (Å²) in [5.41, 5.74) is 0.527. The molecule has 1 saturated heterocycles. The Morgan fingerprint density at radius 2 is 2.17 bits per heavy atom. The molecule has 1 amide bonds. The van der Waals surface area contributed by atoms with Crippen LogP contribution in [0.3, 0.4) is 0 Å². The number of nitrogens with one attached hydrogen (secondary N) is 2. The normalized spacial score (nSPS) is 20.2. The molecule has 0 aliphatic carbocycles. The Morgan fingerprint density at radius 3 is 3.00 bits per heavy atom. The second-order valence-electron chi connectivity index (χ2n) is 4.67. The van der Waals surface area contributed by atoms with Gasteiger partial charge >= 0.3 is 0 Å². The van der Waals surface area contributed by atoms with E-state index < -0.39 is 0 Å². The second-order valence-corrected chi connectivity index (χ2v) is 4.67. The van der Waals surface area contributed by atoms with E-state index in [0.717, 1.165) is 25.8 Å². The highest BCUT2D eigenvalue weighted by atomic mass is 19.1. The maximum absolute atomic E-state index is 13.4. The highest BCUT2D eigenvalue weighted by molar-refractivity contribution is 5.81. The maximum Gasteiger partial charge on any atom is 0.237 e. The topological polar surface area (TPSA) is 41.1 Å². The summed E-state index contributed by atoms with van der Waals surface area (Å²) < 4.78 is 13.4. The first-order valence-electron chi connectivity index (χ1n) is 6.52. The Kier molecular flexibility index (Phi) is 4.70. The van der Waals surface area contributed by atoms with E-state index >= 15 is 0 Å². The van der Waals surface area contributed by atoms with Crippen molar-refractivity contribution in [1.29, 1.82) is 0 Å². The Hall–Kier alpha value is -1.42. The van der Waals surface area contributed by atoms with E-state index in [1.165, 1.54) is 12.5 Å². The molecule has 4 heteroatoms. The van der Waals surface area contributed by atoms with E-state index in [9.17, 15) is 9.18 Å². The van der Waals surface area contributed by atoms with E-state index in [1.54, 1.807) is 18.2 Å². The van der Waals surface area contributed by atoms with Crippen LogP contribution in [0.1, 0.15) is 31.2 Å². The van der Waals surface area contributed by atoms with Crippen molar-refractivity contribution in [3.63, 3.8) is 0 Å². The number of rotatable bonds is 3. The predicted molar refractivity (Wildman–Crippen MR) is 68.5 cm³/mol. The fourth-order valence-electron chi connectivity index (χ4n) is 2.20. The molecular weight excluding hydrogens is 231 g/mol. The van der Waals surface area contributed by atoms with Gasteiger partial charge in [-0.1, -0.05) is 31.0 Å². The third-order valence-corrected chi connectivity index (χ3v) is 3.29. The SMILES string of the molecule is O=C(NCc1ccccc1F)C1CCCCCN1. The van der Waals surface area contributed by atoms with Crippen molar-refractivity contribution in [3.8, 4) is 0 Å². The standard InChI is InChI=1S/C14H19FN2O/c15-12-7-4-3-6-11(12)10-17-14(18)13-8-2-1-5-9-16-13/h3-4,6-7,13,16H,1-2,5,8-10H2,(H,17,18). The minimum absolute atomic E-state index is 0.0276. The van der Waals surface area contributed by atoms with E-state index in [-0.39, 0.29) is 24.3 Å². The Bertz CT molecular complexity index is 401. The van der Waals surface area contributed by atoms with Crippen molar-refractivity contribution in [2.24, 2.45) is 0 Å². The lowest BCUT2D eigenvalue weighted by Gasteiger charge is -2.15. The van der Waals surface area contributed by atoms with Gasteiger partial charge in [0.1, 0.15) is 5.82 Å². The summed E-state index contributed by atoms with van der Waals surface area (Å²) in [6, 6.07) is 6.39. The summed E-state index contributed by atoms with van der Waals surface area (Å²) in [6.07, 6.45) is 4.23. The Labute approximate surface area is 107 Å². The number of benzene rings is 1. The largest absolute Gasteiger partial charge is 0.351 e. The molecule has 0 saturated carbocycles. The van der Waals surface area contributed by atoms with Gasteiger partial charge < -0.3 is 10.6 Å². The van der Waals surface area contributed by atoms with Crippen molar-refractivity contribution in [3.05, 3.63) is 35.6 Å². The molecule has 1 aromatic rings. The molecule has 0 aromatic heterocycles. The average Bonchev–Trinajstić information content (AvgIpc) is 2.66. The van der Waals surface area contributed by atoms with Crippen LogP contribution in [-0.4, -0.2) is 18.5 Å². The smallest absolute Gasteiger partial charge is 0.237 e. The molecule has 98 valence electrons. The number of hydrogen-bond acceptors (Lipinski definition) is 2. The molecule has 0 radical (unpaired) electrons. The molecule has 1 atom stereocenters. The molecule has 18 heavy (non-hydrogen) atoms. The van der Waals surface area contributed by atoms with E-state index in [4.69, 9.17) is 0 Å². The number of halogens is 1. The monoisotopic (exact) mass is 250 g/mol. The third-order valence-electron chi connectivity index (χ3n) is 3.29. The zero-order valence-corrected chi connectivity index (χ0v) is 10.4. The van der Waals surface area contributed by atoms with Crippen LogP contribution in [0, 0.1) is 5.82 Å². The van der Waals surface area contributed by atoms with Crippen LogP contribution in [0.4, 0.5) is 4.39 Å². The fraction of sp³-hybridized carbons (Fsp3) is 0.500. The number of hydrogen-bond donors (Lipinski definition) is 2. The Morgan fingerprint density at radius 1 is 1.33 bits per heavy atom. The average molecular weight is 250 g/mol. The van der Waals surface area contributed by atoms with Crippen LogP contribution in [0.5, 0.6) is 0 Å². The molecule has 0 spiro atoms. The van der Waals surface area contributed by atoms with Crippen LogP contribution in [-0.2, 0) is 11.3 Å². The number of carbonyl (C=O) groups is 1. The van der Waals surface area contributed by atoms with Crippen molar-refractivity contribution >= 4 is 5.91 Å². The van der Waals surface area contributed by atoms with Crippen LogP contribution in [0.2, 0.25) is 0 Å². The van der Waals surface area contributed by atoms with Crippen molar-refractivity contribution in [2.75, 3.05) is 6.54 Å². The molecule has 2 N–H and O–H groups in total. The molecule has 3 nitrogen and oxygen atoms in total. The lowest BCUT2D eigenvalue weighted by Crippen LogP contribution is -2.43. The van der Waals surface area contributed by atoms with Gasteiger partial charge in [-0.15, -0.1) is 0 Å². The predicted octanol–water partition coefficient (Wildman–Crippen LogP) is 1.97. The molecule has 1 aliphatic rings. The van der Waals surface area contributed by atoms with E-state index in [1.807, 2.05) is 0 Å². The lowest BCUT2D eigenvalue weighted by molar-refractivity contribution is -0.123. The van der Waals surface area contributed by atoms with Crippen LogP contribution < -0.4 is 10.6 Å². The number of carbonyl (C=O) groups excluding carboxylic acids is 1.